The lowest BCUT2D eigenvalue weighted by Gasteiger charge is -2.37. The minimum absolute atomic E-state index is 0. The Hall–Kier alpha value is -0.480. The van der Waals surface area contributed by atoms with Crippen molar-refractivity contribution in [3.05, 3.63) is 0 Å². The summed E-state index contributed by atoms with van der Waals surface area (Å²) in [6.07, 6.45) is 1.50. The molecule has 0 aromatic rings. The topological polar surface area (TPSA) is 55.6 Å². The maximum atomic E-state index is 11.8. The summed E-state index contributed by atoms with van der Waals surface area (Å²) < 4.78 is 5.33. The number of hydrogen-bond acceptors (Lipinski definition) is 3. The van der Waals surface area contributed by atoms with E-state index in [1.54, 1.807) is 4.90 Å². The molecule has 96 valence electrons. The zero-order valence-electron chi connectivity index (χ0n) is 10.5. The largest absolute Gasteiger partial charge is 0.444 e. The molecule has 1 aliphatic rings. The van der Waals surface area contributed by atoms with E-state index in [1.165, 1.54) is 0 Å². The van der Waals surface area contributed by atoms with Gasteiger partial charge in [-0.15, -0.1) is 12.4 Å². The van der Waals surface area contributed by atoms with Crippen LogP contribution in [-0.4, -0.2) is 35.2 Å². The molecule has 1 amide bonds. The first-order valence-corrected chi connectivity index (χ1v) is 5.55. The molecular weight excluding hydrogens is 228 g/mol. The highest BCUT2D eigenvalue weighted by molar-refractivity contribution is 5.85. The Kier molecular flexibility index (Phi) is 5.56. The lowest BCUT2D eigenvalue weighted by molar-refractivity contribution is 0.0107. The van der Waals surface area contributed by atoms with Crippen molar-refractivity contribution in [2.24, 2.45) is 5.73 Å². The molecule has 0 radical (unpaired) electrons. The van der Waals surface area contributed by atoms with Crippen molar-refractivity contribution in [2.45, 2.75) is 58.2 Å². The minimum atomic E-state index is -0.420. The summed E-state index contributed by atoms with van der Waals surface area (Å²) in [5, 5.41) is 0. The van der Waals surface area contributed by atoms with Gasteiger partial charge in [0.15, 0.2) is 0 Å². The van der Waals surface area contributed by atoms with Gasteiger partial charge in [0.1, 0.15) is 5.60 Å². The number of nitrogens with two attached hydrogens (primary N) is 1. The van der Waals surface area contributed by atoms with E-state index in [2.05, 4.69) is 0 Å². The molecule has 1 saturated heterocycles. The van der Waals surface area contributed by atoms with E-state index in [9.17, 15) is 4.79 Å². The van der Waals surface area contributed by atoms with Gasteiger partial charge in [0.25, 0.3) is 0 Å². The highest BCUT2D eigenvalue weighted by Gasteiger charge is 2.30. The molecule has 0 aromatic heterocycles. The van der Waals surface area contributed by atoms with Crippen molar-refractivity contribution in [1.29, 1.82) is 0 Å². The van der Waals surface area contributed by atoms with Crippen LogP contribution < -0.4 is 5.73 Å². The van der Waals surface area contributed by atoms with Gasteiger partial charge in [0.05, 0.1) is 0 Å². The first-order valence-electron chi connectivity index (χ1n) is 5.55. The Morgan fingerprint density at radius 3 is 2.44 bits per heavy atom. The van der Waals surface area contributed by atoms with Crippen LogP contribution in [0, 0.1) is 0 Å². The van der Waals surface area contributed by atoms with E-state index in [-0.39, 0.29) is 30.6 Å². The maximum Gasteiger partial charge on any atom is 0.410 e. The molecule has 1 aliphatic heterocycles. The zero-order chi connectivity index (χ0) is 11.6. The van der Waals surface area contributed by atoms with Gasteiger partial charge in [-0.25, -0.2) is 4.79 Å². The Morgan fingerprint density at radius 1 is 1.44 bits per heavy atom. The molecule has 0 spiro atoms. The van der Waals surface area contributed by atoms with E-state index >= 15 is 0 Å². The number of carbonyl (C=O) groups excluding carboxylic acids is 1. The predicted octanol–water partition coefficient (Wildman–Crippen LogP) is 2.15. The molecule has 4 nitrogen and oxygen atoms in total. The summed E-state index contributed by atoms with van der Waals surface area (Å²) in [6, 6.07) is 0.405. The SMILES string of the molecule is C[C@@H]1C[C@H](N)CCN1C(=O)OC(C)(C)C.Cl. The van der Waals surface area contributed by atoms with E-state index in [4.69, 9.17) is 10.5 Å². The highest BCUT2D eigenvalue weighted by Crippen LogP contribution is 2.19. The lowest BCUT2D eigenvalue weighted by atomic mass is 10.00. The molecular formula is C11H23ClN2O2. The third kappa shape index (κ3) is 4.58. The molecule has 2 N–H and O–H groups in total. The molecule has 5 heteroatoms. The first kappa shape index (κ1) is 15.5. The van der Waals surface area contributed by atoms with Crippen molar-refractivity contribution in [3.63, 3.8) is 0 Å². The summed E-state index contributed by atoms with van der Waals surface area (Å²) in [5.74, 6) is 0. The van der Waals surface area contributed by atoms with Crippen LogP contribution in [0.3, 0.4) is 0 Å². The monoisotopic (exact) mass is 250 g/mol. The number of ether oxygens (including phenoxy) is 1. The van der Waals surface area contributed by atoms with E-state index in [0.717, 1.165) is 12.8 Å². The summed E-state index contributed by atoms with van der Waals surface area (Å²) in [6.45, 7) is 8.36. The van der Waals surface area contributed by atoms with Crippen LogP contribution in [0.2, 0.25) is 0 Å². The Morgan fingerprint density at radius 2 is 2.00 bits per heavy atom. The van der Waals surface area contributed by atoms with Crippen LogP contribution >= 0.6 is 12.4 Å². The summed E-state index contributed by atoms with van der Waals surface area (Å²) in [4.78, 5) is 13.6. The second-order valence-corrected chi connectivity index (χ2v) is 5.31. The first-order chi connectivity index (χ1) is 6.79. The fourth-order valence-corrected chi connectivity index (χ4v) is 1.80. The van der Waals surface area contributed by atoms with Crippen LogP contribution in [0.4, 0.5) is 4.79 Å². The second-order valence-electron chi connectivity index (χ2n) is 5.31. The molecule has 0 aliphatic carbocycles. The molecule has 1 fully saturated rings. The maximum absolute atomic E-state index is 11.8. The fraction of sp³-hybridized carbons (Fsp3) is 0.909. The van der Waals surface area contributed by atoms with Gasteiger partial charge in [-0.3, -0.25) is 0 Å². The molecule has 1 rings (SSSR count). The lowest BCUT2D eigenvalue weighted by Crippen LogP contribution is -2.49. The molecule has 2 atom stereocenters. The standard InChI is InChI=1S/C11H22N2O2.ClH/c1-8-7-9(12)5-6-13(8)10(14)15-11(2,3)4;/h8-9H,5-7,12H2,1-4H3;1H/t8-,9-;/m1./s1. The van der Waals surface area contributed by atoms with Crippen molar-refractivity contribution in [2.75, 3.05) is 6.54 Å². The number of amides is 1. The molecule has 16 heavy (non-hydrogen) atoms. The number of nitrogens with zero attached hydrogens (tertiary/aromatic N) is 1. The van der Waals surface area contributed by atoms with Gasteiger partial charge >= 0.3 is 6.09 Å². The summed E-state index contributed by atoms with van der Waals surface area (Å²) in [5.41, 5.74) is 5.42. The smallest absolute Gasteiger partial charge is 0.410 e. The molecule has 0 unspecified atom stereocenters. The van der Waals surface area contributed by atoms with E-state index < -0.39 is 5.60 Å². The molecule has 0 bridgehead atoms. The van der Waals surface area contributed by atoms with Gasteiger partial charge in [-0.1, -0.05) is 0 Å². The average molecular weight is 251 g/mol. The van der Waals surface area contributed by atoms with Crippen molar-refractivity contribution in [3.8, 4) is 0 Å². The quantitative estimate of drug-likeness (QED) is 0.717. The van der Waals surface area contributed by atoms with Crippen LogP contribution in [0.25, 0.3) is 0 Å². The number of carbonyl (C=O) groups is 1. The molecule has 1 heterocycles. The van der Waals surface area contributed by atoms with Gasteiger partial charge in [-0.05, 0) is 40.5 Å². The minimum Gasteiger partial charge on any atom is -0.444 e. The van der Waals surface area contributed by atoms with E-state index in [0.29, 0.717) is 6.54 Å². The number of piperidine rings is 1. The van der Waals surface area contributed by atoms with Crippen molar-refractivity contribution >= 4 is 18.5 Å². The molecule has 0 aromatic carbocycles. The van der Waals surface area contributed by atoms with Crippen molar-refractivity contribution in [1.82, 2.24) is 4.90 Å². The Balaban J connectivity index is 0.00000225. The second kappa shape index (κ2) is 5.73. The van der Waals surface area contributed by atoms with Gasteiger partial charge in [0.2, 0.25) is 0 Å². The normalized spacial score (nSPS) is 25.9. The fourth-order valence-electron chi connectivity index (χ4n) is 1.80. The Labute approximate surface area is 104 Å². The Bertz CT molecular complexity index is 241. The summed E-state index contributed by atoms with van der Waals surface area (Å²) in [7, 11) is 0. The van der Waals surface area contributed by atoms with Crippen LogP contribution in [0.1, 0.15) is 40.5 Å². The number of likely N-dealkylation sites (tertiary alicyclic amines) is 1. The van der Waals surface area contributed by atoms with Crippen LogP contribution in [0.15, 0.2) is 0 Å². The van der Waals surface area contributed by atoms with Crippen LogP contribution in [-0.2, 0) is 4.74 Å². The molecule has 0 saturated carbocycles. The van der Waals surface area contributed by atoms with Gasteiger partial charge in [0, 0.05) is 18.6 Å². The number of rotatable bonds is 0. The number of halogens is 1. The van der Waals surface area contributed by atoms with Gasteiger partial charge in [-0.2, -0.15) is 0 Å². The average Bonchev–Trinajstić information content (AvgIpc) is 1.99. The third-order valence-corrected chi connectivity index (χ3v) is 2.54. The van der Waals surface area contributed by atoms with E-state index in [1.807, 2.05) is 27.7 Å². The predicted molar refractivity (Wildman–Crippen MR) is 66.9 cm³/mol. The van der Waals surface area contributed by atoms with Gasteiger partial charge < -0.3 is 15.4 Å². The highest BCUT2D eigenvalue weighted by atomic mass is 35.5. The van der Waals surface area contributed by atoms with Crippen LogP contribution in [0.5, 0.6) is 0 Å². The zero-order valence-corrected chi connectivity index (χ0v) is 11.3. The number of hydrogen-bond donors (Lipinski definition) is 1. The summed E-state index contributed by atoms with van der Waals surface area (Å²) >= 11 is 0. The third-order valence-electron chi connectivity index (χ3n) is 2.54. The van der Waals surface area contributed by atoms with Crippen molar-refractivity contribution < 1.29 is 9.53 Å².